The number of hydrogen-bond donors (Lipinski definition) is 4. The van der Waals surface area contributed by atoms with E-state index in [1.54, 1.807) is 31.3 Å². The predicted octanol–water partition coefficient (Wildman–Crippen LogP) is 8.46. The van der Waals surface area contributed by atoms with Gasteiger partial charge in [0, 0.05) is 260 Å². The number of ketones is 2. The number of amides is 9. The molecule has 8 saturated heterocycles. The number of Topliss-reactive ketones (excluding diaryl/α,β-unsaturated/α-hetero) is 2. The predicted molar refractivity (Wildman–Crippen MR) is 556 cm³/mol. The van der Waals surface area contributed by atoms with E-state index in [9.17, 15) is 62.3 Å². The van der Waals surface area contributed by atoms with Gasteiger partial charge in [-0.2, -0.15) is 0 Å². The number of hydrogen-bond acceptors (Lipinski definition) is 29. The Morgan fingerprint density at radius 3 is 0.959 bits per heavy atom. The normalized spacial score (nSPS) is 21.1. The number of rotatable bonds is 22. The first-order valence-electron chi connectivity index (χ1n) is 51.1. The summed E-state index contributed by atoms with van der Waals surface area (Å²) in [6, 6.07) is 18.1. The fraction of sp³-hybridized carbons (Fsp3) is 0.495. The number of carbonyl (C=O) groups is 11. The first-order valence-corrected chi connectivity index (χ1v) is 52.2. The largest absolute Gasteiger partial charge is 0.369 e. The second-order valence-electron chi connectivity index (χ2n) is 40.4. The Morgan fingerprint density at radius 2 is 0.671 bits per heavy atom. The molecule has 11 aliphatic heterocycles. The fourth-order valence-electron chi connectivity index (χ4n) is 23.4. The van der Waals surface area contributed by atoms with Crippen LogP contribution in [0, 0.1) is 13.8 Å². The highest BCUT2D eigenvalue weighted by molar-refractivity contribution is 6.36. The van der Waals surface area contributed by atoms with Crippen molar-refractivity contribution in [1.29, 1.82) is 0 Å². The molecule has 17 heterocycles. The number of carbonyl (C=O) groups excluding carboxylic acids is 11. The number of nitrogens with one attached hydrogen (secondary N) is 4. The monoisotopic (exact) mass is 2070 g/mol. The number of aryl methyl sites for hydroxylation is 2. The van der Waals surface area contributed by atoms with Crippen LogP contribution in [0.5, 0.6) is 0 Å². The van der Waals surface area contributed by atoms with Gasteiger partial charge >= 0.3 is 0 Å². The summed E-state index contributed by atoms with van der Waals surface area (Å²) in [5, 5.41) is 13.1. The number of fused-ring (bicyclic) bond motifs is 5. The van der Waals surface area contributed by atoms with Crippen molar-refractivity contribution >= 4 is 162 Å². The molecule has 2 saturated carbocycles. The molecule has 37 nitrogen and oxygen atoms in total. The maximum atomic E-state index is 13.6. The minimum absolute atomic E-state index is 0. The molecule has 9 amide bonds. The number of benzene rings is 3. The van der Waals surface area contributed by atoms with E-state index >= 15 is 0 Å². The van der Waals surface area contributed by atoms with Gasteiger partial charge in [-0.15, -0.1) is 12.4 Å². The van der Waals surface area contributed by atoms with Crippen LogP contribution in [0.4, 0.5) is 28.4 Å². The molecule has 13 aliphatic rings. The van der Waals surface area contributed by atoms with E-state index < -0.39 is 35.8 Å². The van der Waals surface area contributed by atoms with Crippen LogP contribution in [0.25, 0.3) is 22.1 Å². The quantitative estimate of drug-likeness (QED) is 0.0365. The third kappa shape index (κ3) is 21.3. The zero-order valence-corrected chi connectivity index (χ0v) is 85.8. The van der Waals surface area contributed by atoms with Gasteiger partial charge in [-0.3, -0.25) is 117 Å². The van der Waals surface area contributed by atoms with Gasteiger partial charge in [0.25, 0.3) is 28.8 Å². The summed E-state index contributed by atoms with van der Waals surface area (Å²) in [5.41, 5.74) is 13.3. The van der Waals surface area contributed by atoms with Gasteiger partial charge < -0.3 is 44.5 Å². The van der Waals surface area contributed by atoms with Crippen LogP contribution in [-0.2, 0) is 61.2 Å². The number of anilines is 5. The average molecular weight is 2070 g/mol. The smallest absolute Gasteiger partial charge is 0.263 e. The lowest BCUT2D eigenvalue weighted by Gasteiger charge is -2.39. The molecular weight excluding hydrogens is 1950 g/mol. The van der Waals surface area contributed by atoms with Crippen molar-refractivity contribution in [2.24, 2.45) is 0 Å². The van der Waals surface area contributed by atoms with E-state index in [1.165, 1.54) is 18.7 Å². The molecule has 768 valence electrons. The molecule has 6 aromatic heterocycles. The van der Waals surface area contributed by atoms with E-state index in [1.807, 2.05) is 74.8 Å². The third-order valence-corrected chi connectivity index (χ3v) is 32.4. The van der Waals surface area contributed by atoms with E-state index in [2.05, 4.69) is 87.5 Å². The van der Waals surface area contributed by atoms with Gasteiger partial charge in [0.05, 0.1) is 79.5 Å². The Balaban J connectivity index is 0.000000149. The Kier molecular flexibility index (Phi) is 30.8. The van der Waals surface area contributed by atoms with Crippen LogP contribution in [0.3, 0.4) is 0 Å². The van der Waals surface area contributed by atoms with Crippen LogP contribution < -0.4 is 56.9 Å². The molecule has 0 bridgehead atoms. The molecule has 22 rings (SSSR count). The van der Waals surface area contributed by atoms with Gasteiger partial charge in [0.15, 0.2) is 11.6 Å². The van der Waals surface area contributed by atoms with Crippen LogP contribution in [0.2, 0.25) is 15.1 Å². The summed E-state index contributed by atoms with van der Waals surface area (Å²) >= 11 is 19.8. The van der Waals surface area contributed by atoms with Crippen molar-refractivity contribution in [2.75, 3.05) is 182 Å². The van der Waals surface area contributed by atoms with Crippen molar-refractivity contribution in [3.8, 4) is 0 Å². The molecule has 2 aliphatic carbocycles. The molecule has 3 atom stereocenters. The highest BCUT2D eigenvalue weighted by atomic mass is 35.5. The first kappa shape index (κ1) is 102. The topological polar surface area (TPSA) is 396 Å². The lowest BCUT2D eigenvalue weighted by molar-refractivity contribution is -0.138. The van der Waals surface area contributed by atoms with Crippen molar-refractivity contribution in [3.63, 3.8) is 0 Å². The Labute approximate surface area is 866 Å². The fourth-order valence-corrected chi connectivity index (χ4v) is 24.3. The number of aromatic nitrogens is 8. The molecule has 9 aromatic rings. The molecule has 4 N–H and O–H groups in total. The maximum Gasteiger partial charge on any atom is 0.263 e. The van der Waals surface area contributed by atoms with Gasteiger partial charge in [-0.05, 0) is 161 Å². The van der Waals surface area contributed by atoms with E-state index in [-0.39, 0.29) is 113 Å². The summed E-state index contributed by atoms with van der Waals surface area (Å²) in [7, 11) is 0. The lowest BCUT2D eigenvalue weighted by atomic mass is 10.0. The number of pyridine rings is 4. The minimum Gasteiger partial charge on any atom is -0.369 e. The summed E-state index contributed by atoms with van der Waals surface area (Å²) in [5.74, 6) is -2.14. The summed E-state index contributed by atoms with van der Waals surface area (Å²) in [6.45, 7) is 29.8. The van der Waals surface area contributed by atoms with E-state index in [0.717, 1.165) is 276 Å². The zero-order chi connectivity index (χ0) is 101. The Hall–Kier alpha value is -12.3. The zero-order valence-electron chi connectivity index (χ0n) is 82.7. The van der Waals surface area contributed by atoms with Crippen molar-refractivity contribution < 1.29 is 52.7 Å². The molecule has 0 spiro atoms. The second kappa shape index (κ2) is 44.0. The van der Waals surface area contributed by atoms with E-state index in [4.69, 9.17) is 54.7 Å². The highest BCUT2D eigenvalue weighted by Gasteiger charge is 2.46. The molecule has 0 radical (unpaired) electrons. The van der Waals surface area contributed by atoms with Crippen LogP contribution in [0.15, 0.2) is 95.0 Å². The van der Waals surface area contributed by atoms with Crippen LogP contribution >= 0.6 is 47.2 Å². The van der Waals surface area contributed by atoms with Gasteiger partial charge in [-0.25, -0.2) is 19.9 Å². The molecule has 146 heavy (non-hydrogen) atoms. The average Bonchev–Trinajstić information content (AvgIpc) is 1.17. The Morgan fingerprint density at radius 1 is 0.370 bits per heavy atom. The lowest BCUT2D eigenvalue weighted by Crippen LogP contribution is -2.52. The van der Waals surface area contributed by atoms with Gasteiger partial charge in [-0.1, -0.05) is 60.5 Å². The molecule has 3 aromatic carbocycles. The first-order chi connectivity index (χ1) is 70.1. The highest BCUT2D eigenvalue weighted by Crippen LogP contribution is 2.42. The number of imide groups is 3. The standard InChI is InChI=1S/2C44H51ClN10O5.C17H19ClN4O3.ClH/c2*1-27-34-25-47-37(48-41(34)55(31-5-3-4-6-31)44(60)39(27)28(2)56)22-30-7-8-32(24-46-30)52-17-13-50(14-18-52)11-12-51-15-19-53(20-16-51)33-21-29-26-54(43(59)40(29)35(45)23-33)36-9-10-38(57)49-42(36)58;18-12-8-11(21-5-3-19-4-6-21)7-10-9-22(17(25)15(10)12)13-1-2-14(23)20-16(13)24;/h2*7-8,21,23-25,31,36H,3-6,9-20,22,26H2,1-2H3,(H,49,57,58);7-8,13,19H,1-6,9H2,(H,20,23,24);1H. The minimum atomic E-state index is -0.664. The van der Waals surface area contributed by atoms with Crippen molar-refractivity contribution in [3.05, 3.63) is 200 Å². The number of piperidine rings is 3. The van der Waals surface area contributed by atoms with Crippen LogP contribution in [0.1, 0.15) is 218 Å². The third-order valence-electron chi connectivity index (χ3n) is 31.5. The number of nitrogens with zero attached hydrogens (tertiary/aromatic N) is 20. The Bertz CT molecular complexity index is 6440. The summed E-state index contributed by atoms with van der Waals surface area (Å²) < 4.78 is 3.52. The van der Waals surface area contributed by atoms with Gasteiger partial charge in [0.2, 0.25) is 35.4 Å². The van der Waals surface area contributed by atoms with E-state index in [0.29, 0.717) is 118 Å². The van der Waals surface area contributed by atoms with Gasteiger partial charge in [0.1, 0.15) is 41.1 Å². The summed E-state index contributed by atoms with van der Waals surface area (Å²) in [6.07, 6.45) is 17.8. The van der Waals surface area contributed by atoms with Crippen molar-refractivity contribution in [1.82, 2.24) is 94.6 Å². The molecule has 10 fully saturated rings. The summed E-state index contributed by atoms with van der Waals surface area (Å²) in [4.78, 5) is 218. The molecule has 41 heteroatoms. The van der Waals surface area contributed by atoms with Crippen molar-refractivity contribution in [2.45, 2.75) is 180 Å². The number of piperazine rings is 5. The second-order valence-corrected chi connectivity index (χ2v) is 41.6. The number of halogens is 4. The maximum absolute atomic E-state index is 13.6. The van der Waals surface area contributed by atoms with Crippen LogP contribution in [-0.4, -0.2) is 313 Å². The molecule has 3 unspecified atom stereocenters. The SMILES string of the molecule is CC(=O)c1c(C)c2cnc(Cc3ccc(N4CCN(CCN5CCN(c6cc(Cl)c7c(c6)CN(C6CCC(=O)NC6=O)C7=O)CC5)CC4)cn3)nc2n(C2CCCC2)c1=O.CC(=O)c1c(C)c2cnc(Cc3ccc(N4CCN(CCN5CCN(c6cc(Cl)c7c(c6)CN(C6CCC(=O)NC6=O)C7=O)CC5)CC4)cn3)nc2n(C2CCCC2)c1=O.Cl.O=C1CCC(N2Cc3cc(N4CCNCC4)cc(Cl)c3C2=O)C(=O)N1. The molecular formula is C105H122Cl4N24O13.